The minimum Gasteiger partial charge on any atom is -0.383 e. The van der Waals surface area contributed by atoms with Gasteiger partial charge in [-0.25, -0.2) is 23.5 Å². The summed E-state index contributed by atoms with van der Waals surface area (Å²) in [6.07, 6.45) is 0.744. The summed E-state index contributed by atoms with van der Waals surface area (Å²) in [5.74, 6) is 1.17. The molecule has 4 N–H and O–H groups in total. The summed E-state index contributed by atoms with van der Waals surface area (Å²) in [5, 5.41) is 6.19. The number of aromatic nitrogens is 2. The molecule has 0 spiro atoms. The van der Waals surface area contributed by atoms with Crippen molar-refractivity contribution in [1.29, 1.82) is 0 Å². The summed E-state index contributed by atoms with van der Waals surface area (Å²) in [6.45, 7) is 6.70. The van der Waals surface area contributed by atoms with Crippen molar-refractivity contribution in [2.24, 2.45) is 5.14 Å². The lowest BCUT2D eigenvalue weighted by Gasteiger charge is -2.24. The Morgan fingerprint density at radius 2 is 2.04 bits per heavy atom. The number of benzene rings is 1. The number of primary sulfonamides is 1. The van der Waals surface area contributed by atoms with Crippen molar-refractivity contribution in [1.82, 2.24) is 9.97 Å². The first-order chi connectivity index (χ1) is 12.6. The highest BCUT2D eigenvalue weighted by molar-refractivity contribution is 7.89. The number of fused-ring (bicyclic) bond motifs is 2. The van der Waals surface area contributed by atoms with Crippen molar-refractivity contribution in [3.05, 3.63) is 40.0 Å². The van der Waals surface area contributed by atoms with E-state index in [0.29, 0.717) is 18.2 Å². The van der Waals surface area contributed by atoms with Crippen LogP contribution in [0.4, 0.5) is 11.5 Å². The van der Waals surface area contributed by atoms with E-state index in [9.17, 15) is 8.42 Å². The van der Waals surface area contributed by atoms with Crippen LogP contribution in [0.3, 0.4) is 0 Å². The molecule has 0 saturated heterocycles. The average molecular weight is 404 g/mol. The zero-order valence-corrected chi connectivity index (χ0v) is 17.0. The summed E-state index contributed by atoms with van der Waals surface area (Å²) in [7, 11) is -3.71. The van der Waals surface area contributed by atoms with Gasteiger partial charge >= 0.3 is 0 Å². The van der Waals surface area contributed by atoms with Gasteiger partial charge in [0.2, 0.25) is 10.0 Å². The normalized spacial score (nSPS) is 16.9. The van der Waals surface area contributed by atoms with Gasteiger partial charge < -0.3 is 10.6 Å². The number of rotatable bonds is 3. The van der Waals surface area contributed by atoms with E-state index in [1.807, 2.05) is 6.92 Å². The van der Waals surface area contributed by atoms with Gasteiger partial charge in [0.25, 0.3) is 0 Å². The number of nitrogen functional groups attached to an aromatic ring is 1. The van der Waals surface area contributed by atoms with Crippen molar-refractivity contribution >= 4 is 43.1 Å². The Bertz CT molecular complexity index is 1170. The molecule has 1 aliphatic heterocycles. The number of nitrogens with zero attached hydrogens (tertiary/aromatic N) is 3. The third kappa shape index (κ3) is 3.05. The second-order valence-electron chi connectivity index (χ2n) is 7.01. The van der Waals surface area contributed by atoms with Crippen molar-refractivity contribution < 1.29 is 8.42 Å². The lowest BCUT2D eigenvalue weighted by atomic mass is 10.1. The summed E-state index contributed by atoms with van der Waals surface area (Å²) >= 11 is 1.63. The van der Waals surface area contributed by atoms with Crippen LogP contribution in [0.25, 0.3) is 10.2 Å². The largest absolute Gasteiger partial charge is 0.383 e. The van der Waals surface area contributed by atoms with Gasteiger partial charge in [-0.2, -0.15) is 0 Å². The van der Waals surface area contributed by atoms with Crippen molar-refractivity contribution in [2.45, 2.75) is 44.7 Å². The maximum atomic E-state index is 11.6. The lowest BCUT2D eigenvalue weighted by molar-refractivity contribution is 0.597. The molecule has 1 aliphatic rings. The van der Waals surface area contributed by atoms with E-state index in [2.05, 4.69) is 23.7 Å². The van der Waals surface area contributed by atoms with Gasteiger partial charge in [0, 0.05) is 16.6 Å². The highest BCUT2D eigenvalue weighted by atomic mass is 32.2. The molecule has 0 fully saturated rings. The monoisotopic (exact) mass is 403 g/mol. The standard InChI is InChI=1S/C18H21N5O2S2/c1-9-6-12-7-13(27(20,24)25)4-5-14(12)23(9)8-15-21-17(19)16-10(2)11(3)26-18(16)22-15/h4-5,7,9H,6,8H2,1-3H3,(H2,19,21,22)(H2,20,24,25). The molecule has 0 amide bonds. The van der Waals surface area contributed by atoms with Crippen LogP contribution in [0.15, 0.2) is 23.1 Å². The zero-order chi connectivity index (χ0) is 19.5. The Labute approximate surface area is 162 Å². The molecule has 4 rings (SSSR count). The van der Waals surface area contributed by atoms with Crippen LogP contribution in [0.1, 0.15) is 28.8 Å². The molecular weight excluding hydrogens is 382 g/mol. The molecule has 27 heavy (non-hydrogen) atoms. The molecule has 1 aromatic carbocycles. The highest BCUT2D eigenvalue weighted by Crippen LogP contribution is 2.36. The topological polar surface area (TPSA) is 115 Å². The molecule has 0 aliphatic carbocycles. The quantitative estimate of drug-likeness (QED) is 0.694. The van der Waals surface area contributed by atoms with Crippen LogP contribution >= 0.6 is 11.3 Å². The molecule has 0 radical (unpaired) electrons. The second kappa shape index (κ2) is 6.15. The van der Waals surface area contributed by atoms with Crippen LogP contribution in [0.5, 0.6) is 0 Å². The Balaban J connectivity index is 1.71. The molecular formula is C18H21N5O2S2. The van der Waals surface area contributed by atoms with E-state index >= 15 is 0 Å². The summed E-state index contributed by atoms with van der Waals surface area (Å²) < 4.78 is 23.2. The molecule has 1 unspecified atom stereocenters. The summed E-state index contributed by atoms with van der Waals surface area (Å²) in [5.41, 5.74) is 9.28. The lowest BCUT2D eigenvalue weighted by Crippen LogP contribution is -2.29. The molecule has 9 heteroatoms. The van der Waals surface area contributed by atoms with Crippen LogP contribution in [0, 0.1) is 13.8 Å². The molecule has 142 valence electrons. The van der Waals surface area contributed by atoms with Crippen molar-refractivity contribution in [3.63, 3.8) is 0 Å². The fraction of sp³-hybridized carbons (Fsp3) is 0.333. The minimum atomic E-state index is -3.71. The summed E-state index contributed by atoms with van der Waals surface area (Å²) in [4.78, 5) is 13.7. The molecule has 2 aromatic heterocycles. The van der Waals surface area contributed by atoms with E-state index < -0.39 is 10.0 Å². The van der Waals surface area contributed by atoms with Crippen LogP contribution < -0.4 is 15.8 Å². The first-order valence-electron chi connectivity index (χ1n) is 8.59. The second-order valence-corrected chi connectivity index (χ2v) is 9.77. The fourth-order valence-corrected chi connectivity index (χ4v) is 5.26. The zero-order valence-electron chi connectivity index (χ0n) is 15.4. The Hall–Kier alpha value is -2.23. The third-order valence-electron chi connectivity index (χ3n) is 5.15. The SMILES string of the molecule is Cc1sc2nc(CN3c4ccc(S(N)(=O)=O)cc4CC3C)nc(N)c2c1C. The van der Waals surface area contributed by atoms with Crippen LogP contribution in [0.2, 0.25) is 0 Å². The van der Waals surface area contributed by atoms with Gasteiger partial charge in [0.05, 0.1) is 16.8 Å². The molecule has 1 atom stereocenters. The first-order valence-corrected chi connectivity index (χ1v) is 11.0. The maximum Gasteiger partial charge on any atom is 0.238 e. The predicted octanol–water partition coefficient (Wildman–Crippen LogP) is 2.49. The van der Waals surface area contributed by atoms with E-state index in [0.717, 1.165) is 33.5 Å². The third-order valence-corrected chi connectivity index (χ3v) is 7.16. The smallest absolute Gasteiger partial charge is 0.238 e. The van der Waals surface area contributed by atoms with Crippen molar-refractivity contribution in [2.75, 3.05) is 10.6 Å². The van der Waals surface area contributed by atoms with Gasteiger partial charge in [-0.15, -0.1) is 11.3 Å². The molecule has 3 heterocycles. The molecule has 7 nitrogen and oxygen atoms in total. The van der Waals surface area contributed by atoms with Gasteiger partial charge in [-0.3, -0.25) is 0 Å². The van der Waals surface area contributed by atoms with E-state index in [1.54, 1.807) is 29.5 Å². The minimum absolute atomic E-state index is 0.141. The number of hydrogen-bond acceptors (Lipinski definition) is 7. The Morgan fingerprint density at radius 3 is 2.74 bits per heavy atom. The van der Waals surface area contributed by atoms with Gasteiger partial charge in [-0.1, -0.05) is 0 Å². The van der Waals surface area contributed by atoms with E-state index in [4.69, 9.17) is 15.9 Å². The van der Waals surface area contributed by atoms with Gasteiger partial charge in [0.15, 0.2) is 5.82 Å². The molecule has 3 aromatic rings. The number of anilines is 2. The Morgan fingerprint density at radius 1 is 1.30 bits per heavy atom. The number of sulfonamides is 1. The van der Waals surface area contributed by atoms with Crippen molar-refractivity contribution in [3.8, 4) is 0 Å². The number of aryl methyl sites for hydroxylation is 2. The fourth-order valence-electron chi connectivity index (χ4n) is 3.64. The number of thiophene rings is 1. The predicted molar refractivity (Wildman–Crippen MR) is 108 cm³/mol. The molecule has 0 saturated carbocycles. The highest BCUT2D eigenvalue weighted by Gasteiger charge is 2.28. The Kier molecular flexibility index (Phi) is 4.13. The maximum absolute atomic E-state index is 11.6. The van der Waals surface area contributed by atoms with Crippen LogP contribution in [-0.4, -0.2) is 24.4 Å². The van der Waals surface area contributed by atoms with Gasteiger partial charge in [0.1, 0.15) is 10.6 Å². The first kappa shape index (κ1) is 18.1. The average Bonchev–Trinajstić information content (AvgIpc) is 3.03. The summed E-state index contributed by atoms with van der Waals surface area (Å²) in [6, 6.07) is 5.21. The number of hydrogen-bond donors (Lipinski definition) is 2. The number of nitrogens with two attached hydrogens (primary N) is 2. The van der Waals surface area contributed by atoms with Crippen LogP contribution in [-0.2, 0) is 23.0 Å². The van der Waals surface area contributed by atoms with E-state index in [1.165, 1.54) is 4.88 Å². The van der Waals surface area contributed by atoms with E-state index in [-0.39, 0.29) is 10.9 Å². The van der Waals surface area contributed by atoms with Gasteiger partial charge in [-0.05, 0) is 56.5 Å². The molecule has 0 bridgehead atoms.